The number of Topliss-reactive ketones (excluding diaryl/α,β-unsaturated/α-hetero) is 1. The Labute approximate surface area is 159 Å². The molecule has 1 N–H and O–H groups in total. The van der Waals surface area contributed by atoms with Crippen molar-refractivity contribution in [1.82, 2.24) is 5.32 Å². The number of nitrogens with one attached hydrogen (secondary N) is 1. The molecule has 0 aliphatic rings. The first-order valence-electron chi connectivity index (χ1n) is 8.97. The zero-order valence-corrected chi connectivity index (χ0v) is 16.1. The lowest BCUT2D eigenvalue weighted by atomic mass is 10.0. The summed E-state index contributed by atoms with van der Waals surface area (Å²) in [5.74, 6) is -0.358. The predicted octanol–water partition coefficient (Wildman–Crippen LogP) is 3.95. The highest BCUT2D eigenvalue weighted by Crippen LogP contribution is 2.16. The number of carbonyl (C=O) groups is 3. The van der Waals surface area contributed by atoms with E-state index in [-0.39, 0.29) is 17.6 Å². The largest absolute Gasteiger partial charge is 0.425 e. The Hall–Kier alpha value is -2.95. The first-order chi connectivity index (χ1) is 12.8. The smallest absolute Gasteiger partial charge is 0.334 e. The van der Waals surface area contributed by atoms with E-state index in [9.17, 15) is 14.4 Å². The summed E-state index contributed by atoms with van der Waals surface area (Å²) in [6.07, 6.45) is 0.460. The molecular weight excluding hydrogens is 342 g/mol. The third kappa shape index (κ3) is 5.78. The predicted molar refractivity (Wildman–Crippen MR) is 104 cm³/mol. The van der Waals surface area contributed by atoms with Gasteiger partial charge in [0.25, 0.3) is 5.91 Å². The maximum Gasteiger partial charge on any atom is 0.334 e. The van der Waals surface area contributed by atoms with Crippen LogP contribution in [-0.4, -0.2) is 23.7 Å². The van der Waals surface area contributed by atoms with E-state index in [1.807, 2.05) is 32.9 Å². The van der Waals surface area contributed by atoms with Crippen LogP contribution in [0.4, 0.5) is 0 Å². The van der Waals surface area contributed by atoms with Crippen LogP contribution in [0.3, 0.4) is 0 Å². The van der Waals surface area contributed by atoms with Crippen molar-refractivity contribution in [2.45, 2.75) is 40.2 Å². The van der Waals surface area contributed by atoms with Crippen molar-refractivity contribution >= 4 is 17.7 Å². The molecule has 0 unspecified atom stereocenters. The van der Waals surface area contributed by atoms with Crippen molar-refractivity contribution in [3.05, 3.63) is 65.2 Å². The number of benzene rings is 2. The maximum absolute atomic E-state index is 12.6. The Balaban J connectivity index is 2.12. The Morgan fingerprint density at radius 2 is 1.63 bits per heavy atom. The van der Waals surface area contributed by atoms with Gasteiger partial charge in [-0.1, -0.05) is 32.0 Å². The van der Waals surface area contributed by atoms with Gasteiger partial charge in [-0.25, -0.2) is 4.79 Å². The zero-order valence-electron chi connectivity index (χ0n) is 16.1. The van der Waals surface area contributed by atoms with Gasteiger partial charge in [0.1, 0.15) is 11.8 Å². The first-order valence-corrected chi connectivity index (χ1v) is 8.97. The molecule has 0 saturated heterocycles. The van der Waals surface area contributed by atoms with Gasteiger partial charge in [0.15, 0.2) is 5.78 Å². The molecule has 0 aliphatic carbocycles. The van der Waals surface area contributed by atoms with Gasteiger partial charge in [0.05, 0.1) is 0 Å². The monoisotopic (exact) mass is 367 g/mol. The van der Waals surface area contributed by atoms with E-state index in [1.54, 1.807) is 36.4 Å². The third-order valence-electron chi connectivity index (χ3n) is 4.17. The molecule has 2 rings (SSSR count). The molecule has 5 heteroatoms. The second kappa shape index (κ2) is 9.12. The number of amides is 1. The number of hydrogen-bond donors (Lipinski definition) is 1. The average molecular weight is 367 g/mol. The molecule has 0 aliphatic heterocycles. The molecule has 0 fully saturated rings. The summed E-state index contributed by atoms with van der Waals surface area (Å²) >= 11 is 0. The number of rotatable bonds is 7. The summed E-state index contributed by atoms with van der Waals surface area (Å²) in [4.78, 5) is 36.5. The average Bonchev–Trinajstić information content (AvgIpc) is 2.61. The van der Waals surface area contributed by atoms with E-state index in [4.69, 9.17) is 4.74 Å². The Morgan fingerprint density at radius 1 is 1.00 bits per heavy atom. The van der Waals surface area contributed by atoms with Gasteiger partial charge in [-0.05, 0) is 62.1 Å². The minimum Gasteiger partial charge on any atom is -0.425 e. The van der Waals surface area contributed by atoms with Crippen molar-refractivity contribution in [3.63, 3.8) is 0 Å². The highest BCUT2D eigenvalue weighted by atomic mass is 16.5. The van der Waals surface area contributed by atoms with E-state index in [0.717, 1.165) is 5.56 Å². The second-order valence-corrected chi connectivity index (χ2v) is 6.97. The molecule has 1 atom stereocenters. The normalized spacial score (nSPS) is 11.7. The highest BCUT2D eigenvalue weighted by molar-refractivity contribution is 5.98. The van der Waals surface area contributed by atoms with Gasteiger partial charge in [0, 0.05) is 11.1 Å². The van der Waals surface area contributed by atoms with Gasteiger partial charge in [0.2, 0.25) is 0 Å². The molecule has 0 aromatic heterocycles. The van der Waals surface area contributed by atoms with Gasteiger partial charge in [-0.3, -0.25) is 9.59 Å². The molecule has 0 spiro atoms. The Morgan fingerprint density at radius 3 is 2.19 bits per heavy atom. The van der Waals surface area contributed by atoms with E-state index in [0.29, 0.717) is 23.3 Å². The van der Waals surface area contributed by atoms with Gasteiger partial charge in [-0.15, -0.1) is 0 Å². The van der Waals surface area contributed by atoms with Gasteiger partial charge >= 0.3 is 5.97 Å². The maximum atomic E-state index is 12.6. The lowest BCUT2D eigenvalue weighted by molar-refractivity contribution is -0.137. The van der Waals surface area contributed by atoms with Crippen LogP contribution < -0.4 is 10.1 Å². The molecule has 27 heavy (non-hydrogen) atoms. The fourth-order valence-electron chi connectivity index (χ4n) is 2.69. The standard InChI is InChI=1S/C22H25NO4/c1-14(2)13-20(23-21(25)19-8-6-5-7-15(19)3)22(26)27-18-11-9-17(10-12-18)16(4)24/h5-12,14,20H,13H2,1-4H3,(H,23,25)/t20-/m1/s1. The summed E-state index contributed by atoms with van der Waals surface area (Å²) in [5, 5.41) is 2.79. The minimum atomic E-state index is -0.760. The van der Waals surface area contributed by atoms with Crippen LogP contribution in [0.2, 0.25) is 0 Å². The second-order valence-electron chi connectivity index (χ2n) is 6.97. The fraction of sp³-hybridized carbons (Fsp3) is 0.318. The lowest BCUT2D eigenvalue weighted by Crippen LogP contribution is -2.44. The summed E-state index contributed by atoms with van der Waals surface area (Å²) in [6.45, 7) is 7.27. The van der Waals surface area contributed by atoms with Crippen molar-refractivity contribution in [1.29, 1.82) is 0 Å². The molecule has 0 saturated carbocycles. The molecule has 5 nitrogen and oxygen atoms in total. The number of hydrogen-bond acceptors (Lipinski definition) is 4. The first kappa shape index (κ1) is 20.4. The quantitative estimate of drug-likeness (QED) is 0.457. The zero-order chi connectivity index (χ0) is 20.0. The summed E-state index contributed by atoms with van der Waals surface area (Å²) in [5.41, 5.74) is 1.91. The van der Waals surface area contributed by atoms with Crippen molar-refractivity contribution < 1.29 is 19.1 Å². The molecule has 0 bridgehead atoms. The molecule has 0 radical (unpaired) electrons. The van der Waals surface area contributed by atoms with Crippen LogP contribution in [0.5, 0.6) is 5.75 Å². The fourth-order valence-corrected chi connectivity index (χ4v) is 2.69. The van der Waals surface area contributed by atoms with Crippen LogP contribution in [-0.2, 0) is 4.79 Å². The van der Waals surface area contributed by atoms with Gasteiger partial charge in [-0.2, -0.15) is 0 Å². The van der Waals surface area contributed by atoms with Crippen molar-refractivity contribution in [2.24, 2.45) is 5.92 Å². The van der Waals surface area contributed by atoms with E-state index in [1.165, 1.54) is 6.92 Å². The van der Waals surface area contributed by atoms with Crippen molar-refractivity contribution in [2.75, 3.05) is 0 Å². The Bertz CT molecular complexity index is 824. The highest BCUT2D eigenvalue weighted by Gasteiger charge is 2.25. The molecule has 2 aromatic carbocycles. The number of esters is 1. The Kier molecular flexibility index (Phi) is 6.88. The summed E-state index contributed by atoms with van der Waals surface area (Å²) in [6, 6.07) is 12.8. The number of ketones is 1. The molecule has 1 amide bonds. The topological polar surface area (TPSA) is 72.5 Å². The van der Waals surface area contributed by atoms with E-state index < -0.39 is 12.0 Å². The number of ether oxygens (including phenoxy) is 1. The van der Waals surface area contributed by atoms with Crippen LogP contribution in [0.15, 0.2) is 48.5 Å². The third-order valence-corrected chi connectivity index (χ3v) is 4.17. The van der Waals surface area contributed by atoms with E-state index >= 15 is 0 Å². The number of aryl methyl sites for hydroxylation is 1. The van der Waals surface area contributed by atoms with E-state index in [2.05, 4.69) is 5.32 Å². The summed E-state index contributed by atoms with van der Waals surface area (Å²) < 4.78 is 5.41. The van der Waals surface area contributed by atoms with Crippen LogP contribution in [0.1, 0.15) is 53.5 Å². The molecular formula is C22H25NO4. The van der Waals surface area contributed by atoms with Crippen LogP contribution in [0.25, 0.3) is 0 Å². The molecule has 142 valence electrons. The number of carbonyl (C=O) groups excluding carboxylic acids is 3. The lowest BCUT2D eigenvalue weighted by Gasteiger charge is -2.20. The SMILES string of the molecule is CC(=O)c1ccc(OC(=O)[C@@H](CC(C)C)NC(=O)c2ccccc2C)cc1. The van der Waals surface area contributed by atoms with Crippen molar-refractivity contribution in [3.8, 4) is 5.75 Å². The van der Waals surface area contributed by atoms with Gasteiger partial charge < -0.3 is 10.1 Å². The van der Waals surface area contributed by atoms with Crippen LogP contribution in [0, 0.1) is 12.8 Å². The minimum absolute atomic E-state index is 0.0592. The van der Waals surface area contributed by atoms with Crippen LogP contribution >= 0.6 is 0 Å². The molecule has 0 heterocycles. The molecule has 2 aromatic rings. The summed E-state index contributed by atoms with van der Waals surface area (Å²) in [7, 11) is 0.